The van der Waals surface area contributed by atoms with Crippen LogP contribution in [0.4, 0.5) is 0 Å². The van der Waals surface area contributed by atoms with Crippen LogP contribution in [0.15, 0.2) is 83.3 Å². The van der Waals surface area contributed by atoms with Crippen LogP contribution in [-0.2, 0) is 25.6 Å². The van der Waals surface area contributed by atoms with Gasteiger partial charge in [0, 0.05) is 59.9 Å². The number of phenols is 2. The molecule has 1 heterocycles. The van der Waals surface area contributed by atoms with Crippen LogP contribution in [0.3, 0.4) is 0 Å². The molecule has 0 saturated carbocycles. The third-order valence-corrected chi connectivity index (χ3v) is 10.8. The summed E-state index contributed by atoms with van der Waals surface area (Å²) in [6.45, 7) is 1.89. The van der Waals surface area contributed by atoms with E-state index in [0.717, 1.165) is 11.1 Å². The number of Topliss-reactive ketones (excluding diaryl/α,β-unsaturated/α-hetero) is 2. The number of hydrogen-bond acceptors (Lipinski definition) is 8. The molecule has 0 aromatic heterocycles. The Balaban J connectivity index is 1.52. The number of benzene rings is 4. The largest absolute Gasteiger partial charge is 0.507 e. The number of carbonyl (C=O) groups excluding carboxylic acids is 4. The second-order valence-corrected chi connectivity index (χ2v) is 15.3. The first-order chi connectivity index (χ1) is 26.2. The number of unbranched alkanes of at least 4 members (excludes halogenated alkanes) is 1. The van der Waals surface area contributed by atoms with Gasteiger partial charge in [0.15, 0.2) is 11.6 Å². The Morgan fingerprint density at radius 2 is 1.58 bits per heavy atom. The molecular formula is C42H43BrClN3O8. The van der Waals surface area contributed by atoms with Crippen LogP contribution in [0.25, 0.3) is 22.3 Å². The number of ketones is 2. The van der Waals surface area contributed by atoms with Crippen molar-refractivity contribution in [2.45, 2.75) is 57.5 Å². The molecule has 0 spiro atoms. The van der Waals surface area contributed by atoms with Gasteiger partial charge in [-0.25, -0.2) is 4.79 Å². The van der Waals surface area contributed by atoms with E-state index in [4.69, 9.17) is 17.3 Å². The Kier molecular flexibility index (Phi) is 13.5. The van der Waals surface area contributed by atoms with Gasteiger partial charge in [0.2, 0.25) is 11.8 Å². The first kappa shape index (κ1) is 41.1. The molecule has 288 valence electrons. The predicted molar refractivity (Wildman–Crippen MR) is 213 cm³/mol. The lowest BCUT2D eigenvalue weighted by molar-refractivity contribution is -0.144. The van der Waals surface area contributed by atoms with Crippen molar-refractivity contribution in [3.63, 3.8) is 0 Å². The molecule has 1 aliphatic rings. The lowest BCUT2D eigenvalue weighted by Gasteiger charge is -2.32. The number of hydrogen-bond donors (Lipinski definition) is 5. The van der Waals surface area contributed by atoms with E-state index >= 15 is 0 Å². The maximum atomic E-state index is 14.5. The molecule has 6 N–H and O–H groups in total. The third-order valence-electron chi connectivity index (χ3n) is 9.97. The quantitative estimate of drug-likeness (QED) is 0.0777. The second kappa shape index (κ2) is 18.1. The van der Waals surface area contributed by atoms with Crippen LogP contribution in [0.2, 0.25) is 5.02 Å². The van der Waals surface area contributed by atoms with E-state index in [1.54, 1.807) is 24.3 Å². The summed E-state index contributed by atoms with van der Waals surface area (Å²) >= 11 is 9.35. The lowest BCUT2D eigenvalue weighted by Crippen LogP contribution is -2.45. The molecule has 4 bridgehead atoms. The van der Waals surface area contributed by atoms with Gasteiger partial charge in [-0.15, -0.1) is 0 Å². The maximum absolute atomic E-state index is 14.5. The zero-order valence-electron chi connectivity index (χ0n) is 30.4. The first-order valence-corrected chi connectivity index (χ1v) is 19.1. The molecule has 0 radical (unpaired) electrons. The van der Waals surface area contributed by atoms with Gasteiger partial charge in [-0.3, -0.25) is 19.2 Å². The zero-order valence-corrected chi connectivity index (χ0v) is 32.8. The molecule has 0 aliphatic carbocycles. The van der Waals surface area contributed by atoms with Crippen molar-refractivity contribution in [2.75, 3.05) is 13.6 Å². The van der Waals surface area contributed by atoms with Gasteiger partial charge in [-0.2, -0.15) is 0 Å². The Morgan fingerprint density at radius 1 is 0.927 bits per heavy atom. The number of nitrogens with zero attached hydrogens (tertiary/aromatic N) is 1. The van der Waals surface area contributed by atoms with E-state index in [1.807, 2.05) is 24.3 Å². The predicted octanol–water partition coefficient (Wildman–Crippen LogP) is 7.09. The summed E-state index contributed by atoms with van der Waals surface area (Å²) in [5.41, 5.74) is 9.01. The van der Waals surface area contributed by atoms with Crippen LogP contribution in [-0.4, -0.2) is 69.2 Å². The second-order valence-electron chi connectivity index (χ2n) is 14.0. The van der Waals surface area contributed by atoms with E-state index in [2.05, 4.69) is 21.2 Å². The standard InChI is InChI=1S/C42H43BrClN3O8/c1-23-17-37(50)38(28-12-15-35(48)31(21-28)32-18-24(19-33(43)39(32)51)20-34(42(54)55)46-40(23)52)47(2)41(53)29(5-3-4-16-45)22-36(49)27-8-6-25(7-9-27)26-10-13-30(44)14-11-26/h6-15,18-19,21,23,29,34,38,48,51H,3-5,16-17,20,22,45H2,1-2H3,(H,46,52)(H,54,55)/t23-,29-,34+,38+/m1/s1. The van der Waals surface area contributed by atoms with Gasteiger partial charge in [-0.1, -0.05) is 67.4 Å². The summed E-state index contributed by atoms with van der Waals surface area (Å²) in [6.07, 6.45) is 0.849. The van der Waals surface area contributed by atoms with Gasteiger partial charge in [0.25, 0.3) is 0 Å². The van der Waals surface area contributed by atoms with Crippen molar-refractivity contribution < 1.29 is 39.3 Å². The highest BCUT2D eigenvalue weighted by Gasteiger charge is 2.36. The summed E-state index contributed by atoms with van der Waals surface area (Å²) < 4.78 is 0.213. The van der Waals surface area contributed by atoms with Crippen molar-refractivity contribution in [2.24, 2.45) is 17.6 Å². The number of carboxylic acids is 1. The number of fused-ring (bicyclic) bond motifs is 5. The van der Waals surface area contributed by atoms with Crippen molar-refractivity contribution in [1.29, 1.82) is 0 Å². The van der Waals surface area contributed by atoms with E-state index in [0.29, 0.717) is 47.5 Å². The van der Waals surface area contributed by atoms with Crippen LogP contribution in [0.1, 0.15) is 66.6 Å². The molecule has 0 fully saturated rings. The topological polar surface area (TPSA) is 187 Å². The average Bonchev–Trinajstić information content (AvgIpc) is 3.15. The molecule has 4 aromatic rings. The minimum Gasteiger partial charge on any atom is -0.507 e. The van der Waals surface area contributed by atoms with Crippen LogP contribution >= 0.6 is 27.5 Å². The molecule has 13 heteroatoms. The van der Waals surface area contributed by atoms with Crippen LogP contribution < -0.4 is 11.1 Å². The van der Waals surface area contributed by atoms with Gasteiger partial charge in [-0.05, 0) is 94.0 Å². The van der Waals surface area contributed by atoms with Crippen molar-refractivity contribution >= 4 is 56.9 Å². The lowest BCUT2D eigenvalue weighted by atomic mass is 9.88. The number of nitrogens with one attached hydrogen (secondary N) is 1. The molecule has 0 saturated heterocycles. The number of aliphatic carboxylic acids is 1. The molecule has 4 aromatic carbocycles. The highest BCUT2D eigenvalue weighted by Crippen LogP contribution is 2.43. The van der Waals surface area contributed by atoms with Crippen molar-refractivity contribution in [3.05, 3.63) is 105 Å². The van der Waals surface area contributed by atoms with Crippen molar-refractivity contribution in [1.82, 2.24) is 10.2 Å². The molecular weight excluding hydrogens is 790 g/mol. The van der Waals surface area contributed by atoms with E-state index in [9.17, 15) is 39.3 Å². The maximum Gasteiger partial charge on any atom is 0.326 e. The minimum atomic E-state index is -1.36. The Hall–Kier alpha value is -5.04. The minimum absolute atomic E-state index is 0.133. The molecule has 55 heavy (non-hydrogen) atoms. The van der Waals surface area contributed by atoms with Gasteiger partial charge < -0.3 is 31.3 Å². The van der Waals surface area contributed by atoms with Crippen LogP contribution in [0, 0.1) is 11.8 Å². The number of amides is 2. The fraction of sp³-hybridized carbons (Fsp3) is 0.310. The smallest absolute Gasteiger partial charge is 0.326 e. The van der Waals surface area contributed by atoms with E-state index < -0.39 is 47.5 Å². The zero-order chi connectivity index (χ0) is 40.0. The highest BCUT2D eigenvalue weighted by atomic mass is 79.9. The fourth-order valence-electron chi connectivity index (χ4n) is 6.89. The number of carboxylic acid groups (broad SMARTS) is 1. The number of aromatic hydroxyl groups is 2. The van der Waals surface area contributed by atoms with Gasteiger partial charge >= 0.3 is 5.97 Å². The molecule has 11 nitrogen and oxygen atoms in total. The summed E-state index contributed by atoms with van der Waals surface area (Å²) in [5.74, 6) is -5.51. The summed E-state index contributed by atoms with van der Waals surface area (Å²) in [6, 6.07) is 19.1. The molecule has 2 amide bonds. The van der Waals surface area contributed by atoms with E-state index in [1.165, 1.54) is 49.2 Å². The monoisotopic (exact) mass is 831 g/mol. The van der Waals surface area contributed by atoms with Crippen molar-refractivity contribution in [3.8, 4) is 33.8 Å². The Morgan fingerprint density at radius 3 is 2.22 bits per heavy atom. The SMILES string of the molecule is C[C@@H]1CC(=O)[C@@H](N(C)C(=O)[C@H](CCCCN)CC(=O)c2ccc(-c3ccc(Cl)cc3)cc2)c2ccc(O)c(c2)-c2cc(cc(Br)c2O)C[C@@H](C(=O)O)NC1=O. The molecule has 4 atom stereocenters. The average molecular weight is 833 g/mol. The third kappa shape index (κ3) is 9.80. The van der Waals surface area contributed by atoms with Gasteiger partial charge in [0.1, 0.15) is 23.6 Å². The highest BCUT2D eigenvalue weighted by molar-refractivity contribution is 9.10. The van der Waals surface area contributed by atoms with E-state index in [-0.39, 0.29) is 52.1 Å². The normalized spacial score (nSPS) is 17.8. The summed E-state index contributed by atoms with van der Waals surface area (Å²) in [7, 11) is 1.46. The Labute approximate surface area is 332 Å². The number of rotatable bonds is 11. The summed E-state index contributed by atoms with van der Waals surface area (Å²) in [5, 5.41) is 35.2. The molecule has 0 unspecified atom stereocenters. The number of carbonyl (C=O) groups is 5. The van der Waals surface area contributed by atoms with Gasteiger partial charge in [0.05, 0.1) is 4.47 Å². The number of phenolic OH excluding ortho intramolecular Hbond substituents is 2. The molecule has 5 rings (SSSR count). The first-order valence-electron chi connectivity index (χ1n) is 17.9. The number of likely N-dealkylation sites (N-methyl/N-ethyl adjacent to an activating group) is 1. The summed E-state index contributed by atoms with van der Waals surface area (Å²) in [4.78, 5) is 69.3. The fourth-order valence-corrected chi connectivity index (χ4v) is 7.53. The Bertz CT molecular complexity index is 2090. The number of halogens is 2. The molecule has 1 aliphatic heterocycles. The van der Waals surface area contributed by atoms with Crippen LogP contribution in [0.5, 0.6) is 11.5 Å². The number of nitrogens with two attached hydrogens (primary N) is 1.